The highest BCUT2D eigenvalue weighted by Gasteiger charge is 2.42. The van der Waals surface area contributed by atoms with Gasteiger partial charge in [-0.1, -0.05) is 36.4 Å². The van der Waals surface area contributed by atoms with Gasteiger partial charge in [0.1, 0.15) is 0 Å². The number of allylic oxidation sites excluding steroid dienone is 1. The van der Waals surface area contributed by atoms with Crippen LogP contribution >= 0.6 is 23.4 Å². The molecule has 0 heterocycles. The van der Waals surface area contributed by atoms with Gasteiger partial charge in [0.05, 0.1) is 0 Å². The number of rotatable bonds is 8. The Kier molecular flexibility index (Phi) is 6.91. The van der Waals surface area contributed by atoms with Gasteiger partial charge in [-0.2, -0.15) is 0 Å². The number of hydrogen-bond acceptors (Lipinski definition) is 3. The molecule has 0 aromatic heterocycles. The Morgan fingerprint density at radius 1 is 1.30 bits per heavy atom. The van der Waals surface area contributed by atoms with Gasteiger partial charge in [-0.3, -0.25) is 9.59 Å². The first-order valence-corrected chi connectivity index (χ1v) is 9.53. The number of unbranched alkanes of at least 4 members (excludes halogenated alkanes) is 1. The minimum absolute atomic E-state index is 0.176. The molecule has 2 rings (SSSR count). The average molecular weight is 351 g/mol. The fourth-order valence-corrected chi connectivity index (χ4v) is 3.44. The minimum Gasteiger partial charge on any atom is -0.294 e. The lowest BCUT2D eigenvalue weighted by atomic mass is 10.0. The maximum atomic E-state index is 12.3. The quantitative estimate of drug-likeness (QED) is 0.350. The lowest BCUT2D eigenvalue weighted by Gasteiger charge is -2.01. The van der Waals surface area contributed by atoms with Crippen LogP contribution < -0.4 is 0 Å². The molecule has 0 saturated heterocycles. The molecule has 4 heteroatoms. The van der Waals surface area contributed by atoms with E-state index in [1.807, 2.05) is 32.1 Å². The van der Waals surface area contributed by atoms with E-state index in [1.165, 1.54) is 11.8 Å². The molecular formula is C19H23ClO2S. The zero-order valence-corrected chi connectivity index (χ0v) is 15.3. The highest BCUT2D eigenvalue weighted by Crippen LogP contribution is 2.44. The van der Waals surface area contributed by atoms with Crippen molar-refractivity contribution in [2.24, 2.45) is 11.8 Å². The summed E-state index contributed by atoms with van der Waals surface area (Å²) in [7, 11) is 0. The summed E-state index contributed by atoms with van der Waals surface area (Å²) in [4.78, 5) is 24.0. The van der Waals surface area contributed by atoms with Crippen LogP contribution in [0.2, 0.25) is 5.02 Å². The average Bonchev–Trinajstić information content (AvgIpc) is 3.31. The third-order valence-electron chi connectivity index (χ3n) is 4.22. The lowest BCUT2D eigenvalue weighted by molar-refractivity contribution is -0.107. The van der Waals surface area contributed by atoms with Gasteiger partial charge in [0.2, 0.25) is 5.12 Å². The molecule has 0 spiro atoms. The second kappa shape index (κ2) is 8.70. The molecule has 0 amide bonds. The maximum absolute atomic E-state index is 12.3. The molecule has 2 atom stereocenters. The summed E-state index contributed by atoms with van der Waals surface area (Å²) < 4.78 is 0. The van der Waals surface area contributed by atoms with Crippen LogP contribution in [0.15, 0.2) is 35.9 Å². The zero-order chi connectivity index (χ0) is 16.8. The molecule has 23 heavy (non-hydrogen) atoms. The lowest BCUT2D eigenvalue weighted by Crippen LogP contribution is -2.03. The summed E-state index contributed by atoms with van der Waals surface area (Å²) in [5, 5.41) is 0.835. The Morgan fingerprint density at radius 2 is 2.00 bits per heavy atom. The van der Waals surface area contributed by atoms with Gasteiger partial charge < -0.3 is 0 Å². The van der Waals surface area contributed by atoms with Gasteiger partial charge in [-0.25, -0.2) is 0 Å². The Balaban J connectivity index is 1.71. The second-order valence-corrected chi connectivity index (χ2v) is 7.69. The predicted molar refractivity (Wildman–Crippen MR) is 98.1 cm³/mol. The van der Waals surface area contributed by atoms with Crippen molar-refractivity contribution in [2.75, 3.05) is 5.75 Å². The Morgan fingerprint density at radius 3 is 2.65 bits per heavy atom. The molecule has 0 radical (unpaired) electrons. The molecule has 1 saturated carbocycles. The Bertz CT molecular complexity index is 592. The minimum atomic E-state index is 0.176. The van der Waals surface area contributed by atoms with E-state index in [0.717, 1.165) is 42.6 Å². The number of halogens is 1. The molecule has 124 valence electrons. The monoisotopic (exact) mass is 350 g/mol. The maximum Gasteiger partial charge on any atom is 0.214 e. The standard InChI is InChI=1S/C19H23ClO2S/c1-3-23-19(22)13(2)6-4-5-7-15-12-17(15)18(21)14-8-10-16(20)11-9-14/h6,8-11,15,17H,3-5,7,12H2,1-2H3/b13-6+/t15-,17-/m1/s1. The van der Waals surface area contributed by atoms with Crippen molar-refractivity contribution in [3.05, 3.63) is 46.5 Å². The van der Waals surface area contributed by atoms with Gasteiger partial charge in [0.15, 0.2) is 5.78 Å². The first kappa shape index (κ1) is 18.3. The molecule has 0 unspecified atom stereocenters. The Labute approximate surface area is 147 Å². The highest BCUT2D eigenvalue weighted by atomic mass is 35.5. The number of carbonyl (C=O) groups excluding carboxylic acids is 2. The summed E-state index contributed by atoms with van der Waals surface area (Å²) in [6, 6.07) is 7.16. The molecular weight excluding hydrogens is 328 g/mol. The van der Waals surface area contributed by atoms with Crippen LogP contribution in [-0.4, -0.2) is 16.7 Å². The highest BCUT2D eigenvalue weighted by molar-refractivity contribution is 8.14. The SMILES string of the molecule is CCSC(=O)/C(C)=C/CCC[C@@H]1C[C@H]1C(=O)c1ccc(Cl)cc1. The first-order valence-electron chi connectivity index (χ1n) is 8.16. The number of benzene rings is 1. The van der Waals surface area contributed by atoms with Crippen molar-refractivity contribution < 1.29 is 9.59 Å². The van der Waals surface area contributed by atoms with Crippen molar-refractivity contribution in [1.29, 1.82) is 0 Å². The largest absolute Gasteiger partial charge is 0.294 e. The van der Waals surface area contributed by atoms with Crippen LogP contribution in [0, 0.1) is 11.8 Å². The molecule has 0 bridgehead atoms. The van der Waals surface area contributed by atoms with Crippen molar-refractivity contribution >= 4 is 34.3 Å². The third kappa shape index (κ3) is 5.50. The van der Waals surface area contributed by atoms with E-state index in [1.54, 1.807) is 12.1 Å². The fraction of sp³-hybridized carbons (Fsp3) is 0.474. The van der Waals surface area contributed by atoms with E-state index in [-0.39, 0.29) is 16.8 Å². The number of hydrogen-bond donors (Lipinski definition) is 0. The number of ketones is 1. The summed E-state index contributed by atoms with van der Waals surface area (Å²) >= 11 is 7.21. The summed E-state index contributed by atoms with van der Waals surface area (Å²) in [5.74, 6) is 1.75. The van der Waals surface area contributed by atoms with Gasteiger partial charge >= 0.3 is 0 Å². The topological polar surface area (TPSA) is 34.1 Å². The van der Waals surface area contributed by atoms with Crippen LogP contribution in [-0.2, 0) is 4.79 Å². The summed E-state index contributed by atoms with van der Waals surface area (Å²) in [5.41, 5.74) is 1.61. The normalized spacial score (nSPS) is 20.4. The van der Waals surface area contributed by atoms with Crippen LogP contribution in [0.5, 0.6) is 0 Å². The van der Waals surface area contributed by atoms with Crippen molar-refractivity contribution in [3.8, 4) is 0 Å². The molecule has 1 aliphatic rings. The van der Waals surface area contributed by atoms with Gasteiger partial charge in [-0.15, -0.1) is 0 Å². The smallest absolute Gasteiger partial charge is 0.214 e. The van der Waals surface area contributed by atoms with Crippen molar-refractivity contribution in [1.82, 2.24) is 0 Å². The van der Waals surface area contributed by atoms with Crippen LogP contribution in [0.4, 0.5) is 0 Å². The van der Waals surface area contributed by atoms with Gasteiger partial charge in [0, 0.05) is 16.5 Å². The molecule has 1 fully saturated rings. The fourth-order valence-electron chi connectivity index (χ4n) is 2.74. The second-order valence-electron chi connectivity index (χ2n) is 6.01. The van der Waals surface area contributed by atoms with E-state index in [4.69, 9.17) is 11.6 Å². The first-order chi connectivity index (χ1) is 11.0. The van der Waals surface area contributed by atoms with Gasteiger partial charge in [-0.05, 0) is 74.1 Å². The van der Waals surface area contributed by atoms with E-state index in [0.29, 0.717) is 10.9 Å². The Hall–Kier alpha value is -1.06. The van der Waals surface area contributed by atoms with Gasteiger partial charge in [0.25, 0.3) is 0 Å². The summed E-state index contributed by atoms with van der Waals surface area (Å²) in [6.45, 7) is 3.87. The number of thioether (sulfide) groups is 1. The summed E-state index contributed by atoms with van der Waals surface area (Å²) in [6.07, 6.45) is 6.04. The third-order valence-corrected chi connectivity index (χ3v) is 5.34. The molecule has 2 nitrogen and oxygen atoms in total. The number of Topliss-reactive ketones (excluding diaryl/α,β-unsaturated/α-hetero) is 1. The molecule has 1 aliphatic carbocycles. The van der Waals surface area contributed by atoms with E-state index >= 15 is 0 Å². The molecule has 0 N–H and O–H groups in total. The number of carbonyl (C=O) groups is 2. The van der Waals surface area contributed by atoms with Crippen LogP contribution in [0.1, 0.15) is 49.9 Å². The van der Waals surface area contributed by atoms with E-state index in [2.05, 4.69) is 0 Å². The van der Waals surface area contributed by atoms with Crippen molar-refractivity contribution in [3.63, 3.8) is 0 Å². The van der Waals surface area contributed by atoms with E-state index in [9.17, 15) is 9.59 Å². The van der Waals surface area contributed by atoms with Crippen molar-refractivity contribution in [2.45, 2.75) is 39.5 Å². The van der Waals surface area contributed by atoms with E-state index < -0.39 is 0 Å². The zero-order valence-electron chi connectivity index (χ0n) is 13.7. The molecule has 1 aromatic carbocycles. The molecule has 1 aromatic rings. The molecule has 0 aliphatic heterocycles. The van der Waals surface area contributed by atoms with Crippen LogP contribution in [0.25, 0.3) is 0 Å². The van der Waals surface area contributed by atoms with Crippen LogP contribution in [0.3, 0.4) is 0 Å². The predicted octanol–water partition coefficient (Wildman–Crippen LogP) is 5.56.